The standard InChI is InChI=1S/C18H21BrN4O/c1-13(15-3-2-14-4-9-24-17(14)10-15)22-5-7-23(8-6-22)18-20-11-16(19)12-21-18/h2-3,10-13H,4-9H2,1H3. The fourth-order valence-corrected chi connectivity index (χ4v) is 3.64. The summed E-state index contributed by atoms with van der Waals surface area (Å²) in [4.78, 5) is 13.6. The summed E-state index contributed by atoms with van der Waals surface area (Å²) in [6.45, 7) is 7.03. The lowest BCUT2D eigenvalue weighted by Crippen LogP contribution is -2.47. The van der Waals surface area contributed by atoms with Crippen molar-refractivity contribution in [3.05, 3.63) is 46.2 Å². The SMILES string of the molecule is CC(c1ccc2c(c1)OCC2)N1CCN(c2ncc(Br)cn2)CC1. The highest BCUT2D eigenvalue weighted by molar-refractivity contribution is 9.10. The Bertz CT molecular complexity index is 713. The lowest BCUT2D eigenvalue weighted by atomic mass is 10.0. The second-order valence-corrected chi connectivity index (χ2v) is 7.28. The molecule has 0 N–H and O–H groups in total. The van der Waals surface area contributed by atoms with Crippen molar-refractivity contribution in [2.24, 2.45) is 0 Å². The van der Waals surface area contributed by atoms with Crippen LogP contribution in [0.1, 0.15) is 24.1 Å². The van der Waals surface area contributed by atoms with Crippen LogP contribution in [-0.4, -0.2) is 47.7 Å². The number of hydrogen-bond acceptors (Lipinski definition) is 5. The summed E-state index contributed by atoms with van der Waals surface area (Å²) in [6.07, 6.45) is 4.65. The molecule has 2 aromatic rings. The number of piperazine rings is 1. The molecule has 1 saturated heterocycles. The molecular weight excluding hydrogens is 368 g/mol. The molecule has 5 nitrogen and oxygen atoms in total. The Balaban J connectivity index is 1.41. The topological polar surface area (TPSA) is 41.5 Å². The molecule has 126 valence electrons. The maximum atomic E-state index is 5.71. The number of hydrogen-bond donors (Lipinski definition) is 0. The zero-order valence-corrected chi connectivity index (χ0v) is 15.4. The fraction of sp³-hybridized carbons (Fsp3) is 0.444. The molecule has 1 atom stereocenters. The van der Waals surface area contributed by atoms with Crippen molar-refractivity contribution >= 4 is 21.9 Å². The summed E-state index contributed by atoms with van der Waals surface area (Å²) in [5, 5.41) is 0. The van der Waals surface area contributed by atoms with Crippen molar-refractivity contribution in [2.75, 3.05) is 37.7 Å². The molecular formula is C18H21BrN4O. The number of rotatable bonds is 3. The minimum absolute atomic E-state index is 0.396. The van der Waals surface area contributed by atoms with Crippen LogP contribution in [0.3, 0.4) is 0 Å². The second kappa shape index (κ2) is 6.69. The van der Waals surface area contributed by atoms with E-state index in [0.717, 1.165) is 55.4 Å². The maximum absolute atomic E-state index is 5.71. The van der Waals surface area contributed by atoms with Crippen LogP contribution in [0, 0.1) is 0 Å². The van der Waals surface area contributed by atoms with Gasteiger partial charge in [-0.2, -0.15) is 0 Å². The smallest absolute Gasteiger partial charge is 0.225 e. The van der Waals surface area contributed by atoms with E-state index in [9.17, 15) is 0 Å². The summed E-state index contributed by atoms with van der Waals surface area (Å²) in [5.74, 6) is 1.89. The first-order valence-electron chi connectivity index (χ1n) is 8.43. The molecule has 0 spiro atoms. The van der Waals surface area contributed by atoms with Gasteiger partial charge in [0.05, 0.1) is 11.1 Å². The molecule has 4 rings (SSSR count). The van der Waals surface area contributed by atoms with Gasteiger partial charge in [0.2, 0.25) is 5.95 Å². The van der Waals surface area contributed by atoms with Gasteiger partial charge in [0, 0.05) is 51.0 Å². The molecule has 2 aliphatic rings. The van der Waals surface area contributed by atoms with Crippen LogP contribution in [0.4, 0.5) is 5.95 Å². The first-order chi connectivity index (χ1) is 11.7. The lowest BCUT2D eigenvalue weighted by molar-refractivity contribution is 0.197. The number of fused-ring (bicyclic) bond motifs is 1. The van der Waals surface area contributed by atoms with E-state index >= 15 is 0 Å². The molecule has 6 heteroatoms. The highest BCUT2D eigenvalue weighted by Crippen LogP contribution is 2.31. The van der Waals surface area contributed by atoms with Crippen LogP contribution in [0.5, 0.6) is 5.75 Å². The van der Waals surface area contributed by atoms with E-state index in [-0.39, 0.29) is 0 Å². The molecule has 3 heterocycles. The number of ether oxygens (including phenoxy) is 1. The van der Waals surface area contributed by atoms with E-state index in [1.807, 2.05) is 12.4 Å². The van der Waals surface area contributed by atoms with Crippen molar-refractivity contribution in [2.45, 2.75) is 19.4 Å². The minimum atomic E-state index is 0.396. The largest absolute Gasteiger partial charge is 0.493 e. The Labute approximate surface area is 150 Å². The Morgan fingerprint density at radius 2 is 1.88 bits per heavy atom. The summed E-state index contributed by atoms with van der Waals surface area (Å²) >= 11 is 3.38. The van der Waals surface area contributed by atoms with Gasteiger partial charge in [-0.05, 0) is 40.0 Å². The van der Waals surface area contributed by atoms with Crippen LogP contribution < -0.4 is 9.64 Å². The molecule has 1 aromatic carbocycles. The van der Waals surface area contributed by atoms with Gasteiger partial charge in [-0.3, -0.25) is 4.90 Å². The van der Waals surface area contributed by atoms with Crippen LogP contribution in [0.15, 0.2) is 35.1 Å². The Kier molecular flexibility index (Phi) is 4.41. The van der Waals surface area contributed by atoms with Crippen molar-refractivity contribution in [1.82, 2.24) is 14.9 Å². The Morgan fingerprint density at radius 1 is 1.12 bits per heavy atom. The highest BCUT2D eigenvalue weighted by Gasteiger charge is 2.24. The third-order valence-corrected chi connectivity index (χ3v) is 5.36. The summed E-state index contributed by atoms with van der Waals surface area (Å²) in [5.41, 5.74) is 2.67. The Morgan fingerprint density at radius 3 is 2.62 bits per heavy atom. The first kappa shape index (κ1) is 15.8. The third-order valence-electron chi connectivity index (χ3n) is 4.95. The molecule has 24 heavy (non-hydrogen) atoms. The van der Waals surface area contributed by atoms with Crippen molar-refractivity contribution in [3.63, 3.8) is 0 Å². The average Bonchev–Trinajstić information content (AvgIpc) is 3.09. The molecule has 1 aromatic heterocycles. The normalized spacial score (nSPS) is 19.0. The molecule has 0 saturated carbocycles. The summed E-state index contributed by atoms with van der Waals surface area (Å²) < 4.78 is 6.63. The monoisotopic (exact) mass is 388 g/mol. The molecule has 2 aliphatic heterocycles. The predicted molar refractivity (Wildman–Crippen MR) is 97.6 cm³/mol. The van der Waals surface area contributed by atoms with Crippen LogP contribution in [0.25, 0.3) is 0 Å². The molecule has 0 aliphatic carbocycles. The quantitative estimate of drug-likeness (QED) is 0.807. The van der Waals surface area contributed by atoms with Crippen LogP contribution >= 0.6 is 15.9 Å². The van der Waals surface area contributed by atoms with Crippen molar-refractivity contribution in [3.8, 4) is 5.75 Å². The van der Waals surface area contributed by atoms with Gasteiger partial charge < -0.3 is 9.64 Å². The zero-order chi connectivity index (χ0) is 16.5. The van der Waals surface area contributed by atoms with E-state index in [2.05, 4.69) is 60.8 Å². The molecule has 0 amide bonds. The number of anilines is 1. The highest BCUT2D eigenvalue weighted by atomic mass is 79.9. The molecule has 0 radical (unpaired) electrons. The van der Waals surface area contributed by atoms with Gasteiger partial charge in [0.25, 0.3) is 0 Å². The van der Waals surface area contributed by atoms with Gasteiger partial charge in [-0.25, -0.2) is 9.97 Å². The molecule has 0 bridgehead atoms. The average molecular weight is 389 g/mol. The van der Waals surface area contributed by atoms with Gasteiger partial charge in [-0.1, -0.05) is 12.1 Å². The molecule has 1 fully saturated rings. The predicted octanol–water partition coefficient (Wildman–Crippen LogP) is 3.06. The number of aromatic nitrogens is 2. The second-order valence-electron chi connectivity index (χ2n) is 6.37. The van der Waals surface area contributed by atoms with Crippen LogP contribution in [-0.2, 0) is 6.42 Å². The maximum Gasteiger partial charge on any atom is 0.225 e. The van der Waals surface area contributed by atoms with Gasteiger partial charge in [0.1, 0.15) is 5.75 Å². The van der Waals surface area contributed by atoms with Gasteiger partial charge in [0.15, 0.2) is 0 Å². The zero-order valence-electron chi connectivity index (χ0n) is 13.8. The first-order valence-corrected chi connectivity index (χ1v) is 9.22. The van der Waals surface area contributed by atoms with E-state index in [0.29, 0.717) is 6.04 Å². The van der Waals surface area contributed by atoms with Crippen LogP contribution in [0.2, 0.25) is 0 Å². The van der Waals surface area contributed by atoms with Crippen molar-refractivity contribution in [1.29, 1.82) is 0 Å². The number of halogens is 1. The summed E-state index contributed by atoms with van der Waals surface area (Å²) in [6, 6.07) is 7.09. The van der Waals surface area contributed by atoms with E-state index in [4.69, 9.17) is 4.74 Å². The van der Waals surface area contributed by atoms with Gasteiger partial charge in [-0.15, -0.1) is 0 Å². The number of nitrogens with zero attached hydrogens (tertiary/aromatic N) is 4. The van der Waals surface area contributed by atoms with E-state index in [1.165, 1.54) is 11.1 Å². The fourth-order valence-electron chi connectivity index (χ4n) is 3.43. The third kappa shape index (κ3) is 3.13. The van der Waals surface area contributed by atoms with E-state index < -0.39 is 0 Å². The molecule has 1 unspecified atom stereocenters. The lowest BCUT2D eigenvalue weighted by Gasteiger charge is -2.38. The van der Waals surface area contributed by atoms with E-state index in [1.54, 1.807) is 0 Å². The van der Waals surface area contributed by atoms with Gasteiger partial charge >= 0.3 is 0 Å². The minimum Gasteiger partial charge on any atom is -0.493 e. The van der Waals surface area contributed by atoms with Crippen molar-refractivity contribution < 1.29 is 4.74 Å². The Hall–Kier alpha value is -1.66. The number of benzene rings is 1. The summed E-state index contributed by atoms with van der Waals surface area (Å²) in [7, 11) is 0.